The summed E-state index contributed by atoms with van der Waals surface area (Å²) >= 11 is 1.44. The van der Waals surface area contributed by atoms with Crippen LogP contribution in [0.4, 0.5) is 5.13 Å². The van der Waals surface area contributed by atoms with Crippen molar-refractivity contribution in [2.75, 3.05) is 25.5 Å². The molecule has 1 aliphatic rings. The molecule has 0 unspecified atom stereocenters. The first-order valence-electron chi connectivity index (χ1n) is 8.73. The highest BCUT2D eigenvalue weighted by Gasteiger charge is 2.22. The van der Waals surface area contributed by atoms with Crippen LogP contribution in [0.2, 0.25) is 0 Å². The number of hydrogen-bond donors (Lipinski definition) is 1. The number of rotatable bonds is 5. The lowest BCUT2D eigenvalue weighted by Gasteiger charge is -2.34. The van der Waals surface area contributed by atoms with Gasteiger partial charge in [0.25, 0.3) is 5.91 Å². The molecule has 0 saturated carbocycles. The summed E-state index contributed by atoms with van der Waals surface area (Å²) in [5.74, 6) is 0.519. The quantitative estimate of drug-likeness (QED) is 0.869. The van der Waals surface area contributed by atoms with Crippen LogP contribution < -0.4 is 10.1 Å². The van der Waals surface area contributed by atoms with E-state index < -0.39 is 0 Å². The number of thiazole rings is 1. The zero-order chi connectivity index (χ0) is 18.7. The van der Waals surface area contributed by atoms with Crippen LogP contribution in [0.25, 0.3) is 0 Å². The average Bonchev–Trinajstić information content (AvgIpc) is 3.01. The summed E-state index contributed by atoms with van der Waals surface area (Å²) in [5, 5.41) is 5.48. The maximum atomic E-state index is 12.5. The topological polar surface area (TPSA) is 63.7 Å². The largest absolute Gasteiger partial charge is 0.496 e. The van der Waals surface area contributed by atoms with E-state index in [1.807, 2.05) is 18.4 Å². The van der Waals surface area contributed by atoms with Crippen molar-refractivity contribution in [3.05, 3.63) is 40.4 Å². The predicted octanol–water partition coefficient (Wildman–Crippen LogP) is 3.32. The summed E-state index contributed by atoms with van der Waals surface area (Å²) < 4.78 is 11.0. The molecule has 1 aromatic carbocycles. The molecule has 2 aromatic rings. The van der Waals surface area contributed by atoms with E-state index in [4.69, 9.17) is 9.47 Å². The normalized spacial score (nSPS) is 20.8. The number of benzene rings is 1. The lowest BCUT2D eigenvalue weighted by molar-refractivity contribution is -0.0707. The van der Waals surface area contributed by atoms with E-state index in [1.165, 1.54) is 11.3 Å². The standard InChI is InChI=1S/C19H25N3O3S/c1-12-5-6-15(7-17(12)24-4)18(23)21-19-20-16(11-26-19)10-22-8-13(2)25-14(3)9-22/h5-7,11,13-14H,8-10H2,1-4H3,(H,20,21,23)/t13-,14+. The van der Waals surface area contributed by atoms with Crippen molar-refractivity contribution in [1.82, 2.24) is 9.88 Å². The second-order valence-corrected chi connectivity index (χ2v) is 7.59. The van der Waals surface area contributed by atoms with Crippen molar-refractivity contribution < 1.29 is 14.3 Å². The molecule has 1 aromatic heterocycles. The molecule has 0 spiro atoms. The zero-order valence-electron chi connectivity index (χ0n) is 15.6. The molecular weight excluding hydrogens is 350 g/mol. The highest BCUT2D eigenvalue weighted by Crippen LogP contribution is 2.22. The Morgan fingerprint density at radius 3 is 2.81 bits per heavy atom. The molecule has 6 nitrogen and oxygen atoms in total. The molecule has 140 valence electrons. The fourth-order valence-electron chi connectivity index (χ4n) is 3.21. The number of methoxy groups -OCH3 is 1. The minimum absolute atomic E-state index is 0.183. The molecular formula is C19H25N3O3S. The van der Waals surface area contributed by atoms with Gasteiger partial charge in [0.15, 0.2) is 5.13 Å². The van der Waals surface area contributed by atoms with Crippen LogP contribution in [0.5, 0.6) is 5.75 Å². The molecule has 1 saturated heterocycles. The van der Waals surface area contributed by atoms with E-state index in [2.05, 4.69) is 29.0 Å². The number of anilines is 1. The number of ether oxygens (including phenoxy) is 2. The second kappa shape index (κ2) is 8.16. The third kappa shape index (κ3) is 4.60. The van der Waals surface area contributed by atoms with Gasteiger partial charge in [-0.2, -0.15) is 0 Å². The number of aromatic nitrogens is 1. The minimum Gasteiger partial charge on any atom is -0.496 e. The molecule has 2 atom stereocenters. The number of hydrogen-bond acceptors (Lipinski definition) is 6. The van der Waals surface area contributed by atoms with Gasteiger partial charge in [-0.25, -0.2) is 4.98 Å². The van der Waals surface area contributed by atoms with E-state index in [9.17, 15) is 4.79 Å². The fraction of sp³-hybridized carbons (Fsp3) is 0.474. The van der Waals surface area contributed by atoms with Crippen LogP contribution in [0.1, 0.15) is 35.5 Å². The van der Waals surface area contributed by atoms with E-state index in [-0.39, 0.29) is 18.1 Å². The third-order valence-electron chi connectivity index (χ3n) is 4.32. The van der Waals surface area contributed by atoms with Crippen molar-refractivity contribution in [1.29, 1.82) is 0 Å². The number of nitrogens with one attached hydrogen (secondary N) is 1. The Hall–Kier alpha value is -1.96. The third-order valence-corrected chi connectivity index (χ3v) is 5.13. The fourth-order valence-corrected chi connectivity index (χ4v) is 3.91. The van der Waals surface area contributed by atoms with Crippen LogP contribution in [0.15, 0.2) is 23.6 Å². The van der Waals surface area contributed by atoms with Crippen LogP contribution in [-0.2, 0) is 11.3 Å². The molecule has 7 heteroatoms. The van der Waals surface area contributed by atoms with Crippen molar-refractivity contribution in [3.8, 4) is 5.75 Å². The summed E-state index contributed by atoms with van der Waals surface area (Å²) in [6.45, 7) is 8.68. The smallest absolute Gasteiger partial charge is 0.257 e. The lowest BCUT2D eigenvalue weighted by atomic mass is 10.1. The van der Waals surface area contributed by atoms with Crippen molar-refractivity contribution in [2.24, 2.45) is 0 Å². The molecule has 1 amide bonds. The van der Waals surface area contributed by atoms with Crippen LogP contribution in [0, 0.1) is 6.92 Å². The zero-order valence-corrected chi connectivity index (χ0v) is 16.4. The molecule has 26 heavy (non-hydrogen) atoms. The molecule has 1 fully saturated rings. The molecule has 1 aliphatic heterocycles. The Bertz CT molecular complexity index is 767. The van der Waals surface area contributed by atoms with E-state index in [0.717, 1.165) is 30.9 Å². The number of aryl methyl sites for hydroxylation is 1. The lowest BCUT2D eigenvalue weighted by Crippen LogP contribution is -2.44. The van der Waals surface area contributed by atoms with Crippen molar-refractivity contribution in [2.45, 2.75) is 39.5 Å². The van der Waals surface area contributed by atoms with E-state index >= 15 is 0 Å². The average molecular weight is 375 g/mol. The van der Waals surface area contributed by atoms with Gasteiger partial charge in [0, 0.05) is 30.6 Å². The van der Waals surface area contributed by atoms with Gasteiger partial charge in [0.2, 0.25) is 0 Å². The Kier molecular flexibility index (Phi) is 5.90. The molecule has 0 aliphatic carbocycles. The van der Waals surface area contributed by atoms with Gasteiger partial charge in [-0.15, -0.1) is 11.3 Å². The SMILES string of the molecule is COc1cc(C(=O)Nc2nc(CN3C[C@@H](C)O[C@@H](C)C3)cs2)ccc1C. The first-order valence-corrected chi connectivity index (χ1v) is 9.60. The number of nitrogens with zero attached hydrogens (tertiary/aromatic N) is 2. The van der Waals surface area contributed by atoms with Gasteiger partial charge in [-0.1, -0.05) is 6.07 Å². The monoisotopic (exact) mass is 375 g/mol. The molecule has 2 heterocycles. The minimum atomic E-state index is -0.183. The predicted molar refractivity (Wildman–Crippen MR) is 103 cm³/mol. The Morgan fingerprint density at radius 2 is 2.12 bits per heavy atom. The summed E-state index contributed by atoms with van der Waals surface area (Å²) in [6, 6.07) is 5.41. The number of morpholine rings is 1. The Balaban J connectivity index is 1.62. The van der Waals surface area contributed by atoms with Crippen molar-refractivity contribution >= 4 is 22.4 Å². The summed E-state index contributed by atoms with van der Waals surface area (Å²) in [6.07, 6.45) is 0.459. The van der Waals surface area contributed by atoms with Gasteiger partial charge >= 0.3 is 0 Å². The van der Waals surface area contributed by atoms with E-state index in [1.54, 1.807) is 19.2 Å². The van der Waals surface area contributed by atoms with Crippen LogP contribution in [0.3, 0.4) is 0 Å². The first-order chi connectivity index (χ1) is 12.4. The Morgan fingerprint density at radius 1 is 1.38 bits per heavy atom. The van der Waals surface area contributed by atoms with E-state index in [0.29, 0.717) is 16.4 Å². The maximum absolute atomic E-state index is 12.5. The second-order valence-electron chi connectivity index (χ2n) is 6.73. The molecule has 3 rings (SSSR count). The van der Waals surface area contributed by atoms with Crippen LogP contribution in [-0.4, -0.2) is 48.2 Å². The summed E-state index contributed by atoms with van der Waals surface area (Å²) in [7, 11) is 1.60. The molecule has 0 bridgehead atoms. The van der Waals surface area contributed by atoms with Gasteiger partial charge < -0.3 is 9.47 Å². The highest BCUT2D eigenvalue weighted by atomic mass is 32.1. The van der Waals surface area contributed by atoms with Crippen molar-refractivity contribution in [3.63, 3.8) is 0 Å². The van der Waals surface area contributed by atoms with Gasteiger partial charge in [0.05, 0.1) is 25.0 Å². The van der Waals surface area contributed by atoms with Gasteiger partial charge in [-0.05, 0) is 38.5 Å². The number of carbonyl (C=O) groups is 1. The maximum Gasteiger partial charge on any atom is 0.257 e. The molecule has 0 radical (unpaired) electrons. The van der Waals surface area contributed by atoms with Gasteiger partial charge in [-0.3, -0.25) is 15.0 Å². The number of amides is 1. The first kappa shape index (κ1) is 18.8. The Labute approximate surface area is 158 Å². The number of carbonyl (C=O) groups excluding carboxylic acids is 1. The van der Waals surface area contributed by atoms with Gasteiger partial charge in [0.1, 0.15) is 5.75 Å². The van der Waals surface area contributed by atoms with Crippen LogP contribution >= 0.6 is 11.3 Å². The summed E-state index contributed by atoms with van der Waals surface area (Å²) in [4.78, 5) is 19.3. The summed E-state index contributed by atoms with van der Waals surface area (Å²) in [5.41, 5.74) is 2.52. The molecule has 1 N–H and O–H groups in total. The highest BCUT2D eigenvalue weighted by molar-refractivity contribution is 7.13.